The Morgan fingerprint density at radius 3 is 3.05 bits per heavy atom. The van der Waals surface area contributed by atoms with Gasteiger partial charge in [-0.1, -0.05) is 12.1 Å². The van der Waals surface area contributed by atoms with Crippen LogP contribution in [0.3, 0.4) is 0 Å². The molecule has 5 nitrogen and oxygen atoms in total. The molecule has 3 N–H and O–H groups in total. The van der Waals surface area contributed by atoms with Gasteiger partial charge >= 0.3 is 0 Å². The Morgan fingerprint density at radius 1 is 1.45 bits per heavy atom. The molecule has 1 aromatic carbocycles. The lowest BCUT2D eigenvalue weighted by Gasteiger charge is -2.21. The lowest BCUT2D eigenvalue weighted by molar-refractivity contribution is 0.0129. The summed E-state index contributed by atoms with van der Waals surface area (Å²) in [5, 5.41) is 3.06. The molecule has 20 heavy (non-hydrogen) atoms. The van der Waals surface area contributed by atoms with Crippen molar-refractivity contribution in [1.82, 2.24) is 0 Å². The van der Waals surface area contributed by atoms with E-state index in [0.29, 0.717) is 18.6 Å². The van der Waals surface area contributed by atoms with E-state index < -0.39 is 0 Å². The van der Waals surface area contributed by atoms with Crippen LogP contribution in [0.4, 0.5) is 5.69 Å². The minimum atomic E-state index is 0.339. The average Bonchev–Trinajstić information content (AvgIpc) is 2.49. The summed E-state index contributed by atoms with van der Waals surface area (Å²) in [6.07, 6.45) is 4.83. The monoisotopic (exact) mass is 277 g/mol. The highest BCUT2D eigenvalue weighted by molar-refractivity contribution is 5.93. The highest BCUT2D eigenvalue weighted by Gasteiger charge is 2.12. The van der Waals surface area contributed by atoms with Gasteiger partial charge in [0.1, 0.15) is 5.75 Å². The molecule has 1 aromatic rings. The summed E-state index contributed by atoms with van der Waals surface area (Å²) in [5.74, 6) is 1.16. The molecule has 1 fully saturated rings. The molecule has 1 heterocycles. The van der Waals surface area contributed by atoms with E-state index in [0.717, 1.165) is 30.9 Å². The number of anilines is 1. The number of nitrogens with two attached hydrogens (primary N) is 1. The Hall–Kier alpha value is -1.75. The van der Waals surface area contributed by atoms with Gasteiger partial charge in [0.25, 0.3) is 0 Å². The zero-order valence-electron chi connectivity index (χ0n) is 12.0. The largest absolute Gasteiger partial charge is 0.495 e. The second-order valence-electron chi connectivity index (χ2n) is 4.87. The van der Waals surface area contributed by atoms with Crippen molar-refractivity contribution in [1.29, 1.82) is 0 Å². The smallest absolute Gasteiger partial charge is 0.193 e. The molecule has 2 rings (SSSR count). The molecular weight excluding hydrogens is 254 g/mol. The van der Waals surface area contributed by atoms with Gasteiger partial charge in [-0.25, -0.2) is 0 Å². The maximum Gasteiger partial charge on any atom is 0.193 e. The Morgan fingerprint density at radius 2 is 2.30 bits per heavy atom. The second-order valence-corrected chi connectivity index (χ2v) is 4.87. The molecule has 0 aromatic heterocycles. The van der Waals surface area contributed by atoms with Crippen molar-refractivity contribution in [3.05, 3.63) is 24.3 Å². The van der Waals surface area contributed by atoms with E-state index >= 15 is 0 Å². The summed E-state index contributed by atoms with van der Waals surface area (Å²) in [4.78, 5) is 4.34. The standard InChI is InChI=1S/C15H23N3O2/c1-19-14-8-3-2-7-13(14)18-15(16)17-10-9-12-6-4-5-11-20-12/h2-3,7-8,12H,4-6,9-11H2,1H3,(H3,16,17,18). The zero-order valence-corrected chi connectivity index (χ0v) is 12.0. The number of ether oxygens (including phenoxy) is 2. The van der Waals surface area contributed by atoms with Gasteiger partial charge < -0.3 is 20.5 Å². The van der Waals surface area contributed by atoms with Crippen molar-refractivity contribution in [3.8, 4) is 5.75 Å². The summed E-state index contributed by atoms with van der Waals surface area (Å²) in [6.45, 7) is 1.56. The van der Waals surface area contributed by atoms with Crippen molar-refractivity contribution in [2.75, 3.05) is 25.6 Å². The fourth-order valence-electron chi connectivity index (χ4n) is 2.29. The van der Waals surface area contributed by atoms with Crippen LogP contribution >= 0.6 is 0 Å². The summed E-state index contributed by atoms with van der Waals surface area (Å²) in [6, 6.07) is 7.63. The lowest BCUT2D eigenvalue weighted by atomic mass is 10.1. The van der Waals surface area contributed by atoms with Crippen LogP contribution < -0.4 is 15.8 Å². The first-order valence-corrected chi connectivity index (χ1v) is 7.11. The van der Waals surface area contributed by atoms with Crippen molar-refractivity contribution in [2.45, 2.75) is 31.8 Å². The van der Waals surface area contributed by atoms with Crippen LogP contribution in [-0.2, 0) is 4.74 Å². The van der Waals surface area contributed by atoms with Gasteiger partial charge in [-0.2, -0.15) is 0 Å². The topological polar surface area (TPSA) is 68.9 Å². The molecule has 0 spiro atoms. The first kappa shape index (κ1) is 14.7. The minimum absolute atomic E-state index is 0.339. The van der Waals surface area contributed by atoms with E-state index in [1.165, 1.54) is 12.8 Å². The van der Waals surface area contributed by atoms with E-state index in [4.69, 9.17) is 15.2 Å². The van der Waals surface area contributed by atoms with Crippen molar-refractivity contribution < 1.29 is 9.47 Å². The van der Waals surface area contributed by atoms with E-state index in [-0.39, 0.29) is 0 Å². The van der Waals surface area contributed by atoms with E-state index in [2.05, 4.69) is 10.3 Å². The van der Waals surface area contributed by atoms with Crippen LogP contribution in [0.25, 0.3) is 0 Å². The number of benzene rings is 1. The molecule has 1 aliphatic rings. The van der Waals surface area contributed by atoms with Gasteiger partial charge in [0.15, 0.2) is 5.96 Å². The third kappa shape index (κ3) is 4.42. The number of methoxy groups -OCH3 is 1. The predicted octanol–water partition coefficient (Wildman–Crippen LogP) is 2.38. The maximum absolute atomic E-state index is 5.89. The molecule has 1 saturated heterocycles. The fraction of sp³-hybridized carbons (Fsp3) is 0.533. The van der Waals surface area contributed by atoms with Gasteiger partial charge in [0.05, 0.1) is 18.9 Å². The van der Waals surface area contributed by atoms with Crippen molar-refractivity contribution >= 4 is 11.6 Å². The van der Waals surface area contributed by atoms with Gasteiger partial charge in [-0.15, -0.1) is 0 Å². The van der Waals surface area contributed by atoms with Crippen LogP contribution in [0.1, 0.15) is 25.7 Å². The number of nitrogens with one attached hydrogen (secondary N) is 1. The molecule has 0 amide bonds. The van der Waals surface area contributed by atoms with Gasteiger partial charge in [-0.3, -0.25) is 4.99 Å². The number of guanidine groups is 1. The van der Waals surface area contributed by atoms with Crippen LogP contribution in [-0.4, -0.2) is 32.3 Å². The molecule has 1 atom stereocenters. The first-order valence-electron chi connectivity index (χ1n) is 7.11. The summed E-state index contributed by atoms with van der Waals surface area (Å²) in [5.41, 5.74) is 6.71. The molecule has 0 bridgehead atoms. The Labute approximate surface area is 120 Å². The third-order valence-electron chi connectivity index (χ3n) is 3.38. The molecule has 1 unspecified atom stereocenters. The molecule has 0 aliphatic carbocycles. The van der Waals surface area contributed by atoms with E-state index in [1.807, 2.05) is 24.3 Å². The van der Waals surface area contributed by atoms with Gasteiger partial charge in [-0.05, 0) is 37.8 Å². The van der Waals surface area contributed by atoms with Gasteiger partial charge in [0.2, 0.25) is 0 Å². The molecule has 5 heteroatoms. The third-order valence-corrected chi connectivity index (χ3v) is 3.38. The molecule has 0 radical (unpaired) electrons. The first-order chi connectivity index (χ1) is 9.79. The highest BCUT2D eigenvalue weighted by atomic mass is 16.5. The normalized spacial score (nSPS) is 19.6. The second kappa shape index (κ2) is 7.75. The highest BCUT2D eigenvalue weighted by Crippen LogP contribution is 2.22. The number of rotatable bonds is 5. The number of hydrogen-bond donors (Lipinski definition) is 2. The maximum atomic E-state index is 5.89. The SMILES string of the molecule is COc1ccccc1NC(N)=NCCC1CCCCO1. The van der Waals surface area contributed by atoms with Gasteiger partial charge in [0, 0.05) is 13.2 Å². The number of nitrogens with zero attached hydrogens (tertiary/aromatic N) is 1. The number of para-hydroxylation sites is 2. The summed E-state index contributed by atoms with van der Waals surface area (Å²) >= 11 is 0. The quantitative estimate of drug-likeness (QED) is 0.640. The van der Waals surface area contributed by atoms with Crippen molar-refractivity contribution in [3.63, 3.8) is 0 Å². The van der Waals surface area contributed by atoms with Crippen LogP contribution in [0, 0.1) is 0 Å². The molecule has 110 valence electrons. The molecule has 1 aliphatic heterocycles. The van der Waals surface area contributed by atoms with Crippen LogP contribution in [0.5, 0.6) is 5.75 Å². The molecule has 0 saturated carbocycles. The Balaban J connectivity index is 1.81. The van der Waals surface area contributed by atoms with Crippen molar-refractivity contribution in [2.24, 2.45) is 10.7 Å². The summed E-state index contributed by atoms with van der Waals surface area (Å²) in [7, 11) is 1.63. The lowest BCUT2D eigenvalue weighted by Crippen LogP contribution is -2.24. The fourth-order valence-corrected chi connectivity index (χ4v) is 2.29. The van der Waals surface area contributed by atoms with E-state index in [1.54, 1.807) is 7.11 Å². The Kier molecular flexibility index (Phi) is 5.68. The molecular formula is C15H23N3O2. The number of hydrogen-bond acceptors (Lipinski definition) is 3. The summed E-state index contributed by atoms with van der Waals surface area (Å²) < 4.78 is 10.9. The average molecular weight is 277 g/mol. The van der Waals surface area contributed by atoms with Crippen LogP contribution in [0.15, 0.2) is 29.3 Å². The van der Waals surface area contributed by atoms with Crippen LogP contribution in [0.2, 0.25) is 0 Å². The number of aliphatic imine (C=N–C) groups is 1. The Bertz CT molecular complexity index is 442. The zero-order chi connectivity index (χ0) is 14.2. The minimum Gasteiger partial charge on any atom is -0.495 e. The predicted molar refractivity (Wildman–Crippen MR) is 81.3 cm³/mol. The van der Waals surface area contributed by atoms with E-state index in [9.17, 15) is 0 Å².